The van der Waals surface area contributed by atoms with E-state index in [0.29, 0.717) is 10.6 Å². The molecule has 0 saturated heterocycles. The van der Waals surface area contributed by atoms with Crippen molar-refractivity contribution in [2.45, 2.75) is 27.7 Å². The van der Waals surface area contributed by atoms with E-state index in [1.165, 1.54) is 5.69 Å². The van der Waals surface area contributed by atoms with E-state index < -0.39 is 0 Å². The van der Waals surface area contributed by atoms with Crippen LogP contribution in [0, 0.1) is 13.8 Å². The summed E-state index contributed by atoms with van der Waals surface area (Å²) in [5.74, 6) is -0.148. The fraction of sp³-hybridized carbons (Fsp3) is 0.316. The van der Waals surface area contributed by atoms with Gasteiger partial charge in [-0.3, -0.25) is 4.79 Å². The summed E-state index contributed by atoms with van der Waals surface area (Å²) in [5.41, 5.74) is 4.56. The predicted octanol–water partition coefficient (Wildman–Crippen LogP) is 5.06. The van der Waals surface area contributed by atoms with Crippen LogP contribution in [0.5, 0.6) is 0 Å². The molecule has 0 heterocycles. The summed E-state index contributed by atoms with van der Waals surface area (Å²) in [6.45, 7) is 10.1. The van der Waals surface area contributed by atoms with Gasteiger partial charge in [-0.25, -0.2) is 0 Å². The third-order valence-electron chi connectivity index (χ3n) is 4.02. The van der Waals surface area contributed by atoms with E-state index in [0.717, 1.165) is 29.9 Å². The molecule has 0 fully saturated rings. The number of hydrogen-bond donors (Lipinski definition) is 1. The quantitative estimate of drug-likeness (QED) is 0.831. The molecule has 0 bridgehead atoms. The number of carbonyl (C=O) groups is 1. The molecule has 0 aliphatic rings. The molecular formula is C19H23ClN2O. The van der Waals surface area contributed by atoms with E-state index >= 15 is 0 Å². The number of amides is 1. The normalized spacial score (nSPS) is 10.5. The SMILES string of the molecule is CCN(CC)c1ccc(NC(=O)c2ccc(C)c(Cl)c2)c(C)c1. The molecule has 2 aromatic carbocycles. The number of halogens is 1. The Kier molecular flexibility index (Phi) is 5.67. The highest BCUT2D eigenvalue weighted by atomic mass is 35.5. The van der Waals surface area contributed by atoms with Crippen LogP contribution in [0.15, 0.2) is 36.4 Å². The highest BCUT2D eigenvalue weighted by Gasteiger charge is 2.10. The van der Waals surface area contributed by atoms with Crippen molar-refractivity contribution in [3.63, 3.8) is 0 Å². The summed E-state index contributed by atoms with van der Waals surface area (Å²) in [4.78, 5) is 14.7. The molecule has 2 aromatic rings. The molecule has 0 aliphatic carbocycles. The van der Waals surface area contributed by atoms with E-state index in [4.69, 9.17) is 11.6 Å². The molecule has 2 rings (SSSR count). The monoisotopic (exact) mass is 330 g/mol. The van der Waals surface area contributed by atoms with Crippen LogP contribution in [-0.4, -0.2) is 19.0 Å². The van der Waals surface area contributed by atoms with Gasteiger partial charge in [0.05, 0.1) is 0 Å². The fourth-order valence-electron chi connectivity index (χ4n) is 2.50. The van der Waals surface area contributed by atoms with Gasteiger partial charge in [0.1, 0.15) is 0 Å². The van der Waals surface area contributed by atoms with Gasteiger partial charge in [0, 0.05) is 35.1 Å². The third-order valence-corrected chi connectivity index (χ3v) is 4.43. The lowest BCUT2D eigenvalue weighted by atomic mass is 10.1. The number of nitrogens with one attached hydrogen (secondary N) is 1. The smallest absolute Gasteiger partial charge is 0.255 e. The minimum atomic E-state index is -0.148. The molecule has 0 radical (unpaired) electrons. The first-order chi connectivity index (χ1) is 11.0. The maximum absolute atomic E-state index is 12.4. The molecule has 1 amide bonds. The highest BCUT2D eigenvalue weighted by Crippen LogP contribution is 2.24. The molecule has 0 aliphatic heterocycles. The minimum absolute atomic E-state index is 0.148. The average Bonchev–Trinajstić information content (AvgIpc) is 2.53. The van der Waals surface area contributed by atoms with Crippen molar-refractivity contribution in [1.82, 2.24) is 0 Å². The van der Waals surface area contributed by atoms with Gasteiger partial charge in [-0.15, -0.1) is 0 Å². The summed E-state index contributed by atoms with van der Waals surface area (Å²) in [6.07, 6.45) is 0. The molecule has 4 heteroatoms. The predicted molar refractivity (Wildman–Crippen MR) is 98.9 cm³/mol. The van der Waals surface area contributed by atoms with Crippen LogP contribution in [0.25, 0.3) is 0 Å². The number of aryl methyl sites for hydroxylation is 2. The van der Waals surface area contributed by atoms with Crippen molar-refractivity contribution in [2.24, 2.45) is 0 Å². The Hall–Kier alpha value is -2.00. The summed E-state index contributed by atoms with van der Waals surface area (Å²) in [7, 11) is 0. The van der Waals surface area contributed by atoms with Gasteiger partial charge in [-0.05, 0) is 69.2 Å². The summed E-state index contributed by atoms with van der Waals surface area (Å²) in [6, 6.07) is 11.4. The number of carbonyl (C=O) groups excluding carboxylic acids is 1. The van der Waals surface area contributed by atoms with Crippen molar-refractivity contribution in [3.8, 4) is 0 Å². The number of benzene rings is 2. The zero-order valence-corrected chi connectivity index (χ0v) is 14.9. The van der Waals surface area contributed by atoms with Gasteiger partial charge >= 0.3 is 0 Å². The van der Waals surface area contributed by atoms with E-state index in [-0.39, 0.29) is 5.91 Å². The molecule has 3 nitrogen and oxygen atoms in total. The Morgan fingerprint density at radius 1 is 1.04 bits per heavy atom. The van der Waals surface area contributed by atoms with Crippen LogP contribution in [0.2, 0.25) is 5.02 Å². The van der Waals surface area contributed by atoms with Crippen molar-refractivity contribution < 1.29 is 4.79 Å². The topological polar surface area (TPSA) is 32.3 Å². The van der Waals surface area contributed by atoms with Crippen LogP contribution < -0.4 is 10.2 Å². The van der Waals surface area contributed by atoms with Gasteiger partial charge < -0.3 is 10.2 Å². The summed E-state index contributed by atoms with van der Waals surface area (Å²) >= 11 is 6.09. The van der Waals surface area contributed by atoms with E-state index in [2.05, 4.69) is 30.1 Å². The lowest BCUT2D eigenvalue weighted by Crippen LogP contribution is -2.22. The second-order valence-electron chi connectivity index (χ2n) is 5.59. The third kappa shape index (κ3) is 4.05. The first-order valence-corrected chi connectivity index (χ1v) is 8.27. The van der Waals surface area contributed by atoms with Gasteiger partial charge in [-0.2, -0.15) is 0 Å². The van der Waals surface area contributed by atoms with Crippen molar-refractivity contribution in [3.05, 3.63) is 58.1 Å². The van der Waals surface area contributed by atoms with E-state index in [1.807, 2.05) is 32.0 Å². The molecule has 122 valence electrons. The molecule has 1 N–H and O–H groups in total. The van der Waals surface area contributed by atoms with Crippen LogP contribution in [0.3, 0.4) is 0 Å². The molecule has 23 heavy (non-hydrogen) atoms. The second-order valence-corrected chi connectivity index (χ2v) is 6.00. The Balaban J connectivity index is 2.19. The zero-order valence-electron chi connectivity index (χ0n) is 14.1. The zero-order chi connectivity index (χ0) is 17.0. The van der Waals surface area contributed by atoms with Crippen LogP contribution in [0.4, 0.5) is 11.4 Å². The molecule has 0 atom stereocenters. The van der Waals surface area contributed by atoms with Crippen LogP contribution in [-0.2, 0) is 0 Å². The van der Waals surface area contributed by atoms with E-state index in [1.54, 1.807) is 12.1 Å². The number of nitrogens with zero attached hydrogens (tertiary/aromatic N) is 1. The number of anilines is 2. The van der Waals surface area contributed by atoms with E-state index in [9.17, 15) is 4.79 Å². The lowest BCUT2D eigenvalue weighted by molar-refractivity contribution is 0.102. The number of hydrogen-bond acceptors (Lipinski definition) is 2. The Bertz CT molecular complexity index is 709. The largest absolute Gasteiger partial charge is 0.372 e. The van der Waals surface area contributed by atoms with Gasteiger partial charge in [-0.1, -0.05) is 17.7 Å². The first-order valence-electron chi connectivity index (χ1n) is 7.89. The van der Waals surface area contributed by atoms with Gasteiger partial charge in [0.15, 0.2) is 0 Å². The van der Waals surface area contributed by atoms with Crippen molar-refractivity contribution >= 4 is 28.9 Å². The Morgan fingerprint density at radius 3 is 2.30 bits per heavy atom. The van der Waals surface area contributed by atoms with Gasteiger partial charge in [0.25, 0.3) is 5.91 Å². The Labute approximate surface area is 143 Å². The fourth-order valence-corrected chi connectivity index (χ4v) is 2.68. The van der Waals surface area contributed by atoms with Crippen LogP contribution in [0.1, 0.15) is 35.3 Å². The highest BCUT2D eigenvalue weighted by molar-refractivity contribution is 6.31. The van der Waals surface area contributed by atoms with Gasteiger partial charge in [0.2, 0.25) is 0 Å². The lowest BCUT2D eigenvalue weighted by Gasteiger charge is -2.22. The molecule has 0 unspecified atom stereocenters. The minimum Gasteiger partial charge on any atom is -0.372 e. The molecule has 0 aromatic heterocycles. The first kappa shape index (κ1) is 17.4. The number of rotatable bonds is 5. The molecule has 0 spiro atoms. The average molecular weight is 331 g/mol. The maximum atomic E-state index is 12.4. The standard InChI is InChI=1S/C19H23ClN2O/c1-5-22(6-2)16-9-10-18(14(4)11-16)21-19(23)15-8-7-13(3)17(20)12-15/h7-12H,5-6H2,1-4H3,(H,21,23). The second kappa shape index (κ2) is 7.51. The maximum Gasteiger partial charge on any atom is 0.255 e. The Morgan fingerprint density at radius 2 is 1.74 bits per heavy atom. The molecular weight excluding hydrogens is 308 g/mol. The summed E-state index contributed by atoms with van der Waals surface area (Å²) in [5, 5.41) is 3.56. The summed E-state index contributed by atoms with van der Waals surface area (Å²) < 4.78 is 0. The van der Waals surface area contributed by atoms with Crippen molar-refractivity contribution in [2.75, 3.05) is 23.3 Å². The van der Waals surface area contributed by atoms with Crippen LogP contribution >= 0.6 is 11.6 Å². The molecule has 0 saturated carbocycles. The van der Waals surface area contributed by atoms with Crippen molar-refractivity contribution in [1.29, 1.82) is 0 Å².